The Balaban J connectivity index is 1.54. The molecule has 176 valence electrons. The van der Waals surface area contributed by atoms with Crippen LogP contribution in [-0.2, 0) is 23.9 Å². The van der Waals surface area contributed by atoms with Crippen molar-refractivity contribution >= 4 is 16.9 Å². The lowest BCUT2D eigenvalue weighted by atomic mass is 10.1. The number of aryl methyl sites for hydroxylation is 1. The molecule has 0 saturated heterocycles. The number of hydrogen-bond acceptors (Lipinski definition) is 4. The number of amides is 1. The van der Waals surface area contributed by atoms with Gasteiger partial charge >= 0.3 is 6.18 Å². The maximum Gasteiger partial charge on any atom is 0.416 e. The molecule has 4 aromatic rings. The van der Waals surface area contributed by atoms with E-state index in [2.05, 4.69) is 22.3 Å². The van der Waals surface area contributed by atoms with E-state index in [0.29, 0.717) is 0 Å². The van der Waals surface area contributed by atoms with Crippen LogP contribution in [-0.4, -0.2) is 25.2 Å². The zero-order chi connectivity index (χ0) is 24.5. The largest absolute Gasteiger partial charge is 0.416 e. The van der Waals surface area contributed by atoms with E-state index in [4.69, 9.17) is 0 Å². The monoisotopic (exact) mass is 469 g/mol. The summed E-state index contributed by atoms with van der Waals surface area (Å²) < 4.78 is 41.5. The minimum Gasteiger partial charge on any atom is -0.348 e. The van der Waals surface area contributed by atoms with Gasteiger partial charge in [0.2, 0.25) is 5.91 Å². The number of carbonyl (C=O) groups excluding carboxylic acids is 1. The summed E-state index contributed by atoms with van der Waals surface area (Å²) in [6.07, 6.45) is -1.17. The van der Waals surface area contributed by atoms with Crippen molar-refractivity contribution in [1.82, 2.24) is 24.6 Å². The molecule has 0 saturated carbocycles. The number of benzene rings is 2. The van der Waals surface area contributed by atoms with E-state index in [-0.39, 0.29) is 35.2 Å². The predicted molar refractivity (Wildman–Crippen MR) is 121 cm³/mol. The molecule has 0 aliphatic rings. The predicted octanol–water partition coefficient (Wildman–Crippen LogP) is 4.04. The highest BCUT2D eigenvalue weighted by atomic mass is 19.4. The zero-order valence-electron chi connectivity index (χ0n) is 18.5. The second-order valence-corrected chi connectivity index (χ2v) is 7.90. The van der Waals surface area contributed by atoms with Crippen LogP contribution < -0.4 is 10.9 Å². The van der Waals surface area contributed by atoms with Gasteiger partial charge in [-0.2, -0.15) is 18.3 Å². The van der Waals surface area contributed by atoms with Gasteiger partial charge in [-0.25, -0.2) is 9.67 Å². The van der Waals surface area contributed by atoms with Crippen LogP contribution in [0.3, 0.4) is 0 Å². The minimum atomic E-state index is -4.51. The van der Waals surface area contributed by atoms with E-state index in [9.17, 15) is 22.8 Å². The summed E-state index contributed by atoms with van der Waals surface area (Å²) in [5, 5.41) is 6.99. The van der Waals surface area contributed by atoms with E-state index in [0.717, 1.165) is 28.7 Å². The van der Waals surface area contributed by atoms with Gasteiger partial charge in [-0.3, -0.25) is 14.2 Å². The molecule has 0 aliphatic carbocycles. The van der Waals surface area contributed by atoms with E-state index in [1.807, 2.05) is 31.2 Å². The second kappa shape index (κ2) is 9.12. The van der Waals surface area contributed by atoms with Gasteiger partial charge in [0.1, 0.15) is 18.3 Å². The van der Waals surface area contributed by atoms with E-state index in [1.54, 1.807) is 0 Å². The number of nitrogens with zero attached hydrogens (tertiary/aromatic N) is 4. The number of hydrogen-bond donors (Lipinski definition) is 1. The molecule has 7 nitrogen and oxygen atoms in total. The van der Waals surface area contributed by atoms with Crippen LogP contribution in [0.2, 0.25) is 0 Å². The third kappa shape index (κ3) is 4.70. The lowest BCUT2D eigenvalue weighted by molar-refractivity contribution is -0.137. The molecule has 0 spiro atoms. The van der Waals surface area contributed by atoms with Gasteiger partial charge in [-0.05, 0) is 42.7 Å². The van der Waals surface area contributed by atoms with Gasteiger partial charge in [0.15, 0.2) is 5.65 Å². The van der Waals surface area contributed by atoms with Crippen LogP contribution in [0.1, 0.15) is 36.6 Å². The Bertz CT molecular complexity index is 1390. The minimum absolute atomic E-state index is 0.0934. The average Bonchev–Trinajstić information content (AvgIpc) is 3.25. The number of aromatic nitrogens is 4. The van der Waals surface area contributed by atoms with Crippen molar-refractivity contribution in [3.63, 3.8) is 0 Å². The molecule has 2 aromatic carbocycles. The van der Waals surface area contributed by atoms with Crippen LogP contribution in [0.15, 0.2) is 65.8 Å². The number of nitrogens with one attached hydrogen (secondary N) is 1. The maximum absolute atomic E-state index is 13.1. The van der Waals surface area contributed by atoms with Gasteiger partial charge in [0.25, 0.3) is 5.56 Å². The first kappa shape index (κ1) is 23.2. The van der Waals surface area contributed by atoms with Crippen molar-refractivity contribution in [3.05, 3.63) is 88.1 Å². The Morgan fingerprint density at radius 3 is 2.56 bits per heavy atom. The molecule has 34 heavy (non-hydrogen) atoms. The Hall–Kier alpha value is -3.95. The fraction of sp³-hybridized carbons (Fsp3) is 0.250. The summed E-state index contributed by atoms with van der Waals surface area (Å²) in [5.41, 5.74) is 1.00. The molecule has 1 N–H and O–H groups in total. The smallest absolute Gasteiger partial charge is 0.348 e. The number of halogens is 3. The first-order chi connectivity index (χ1) is 16.2. The summed E-state index contributed by atoms with van der Waals surface area (Å²) >= 11 is 0. The molecule has 0 aliphatic heterocycles. The lowest BCUT2D eigenvalue weighted by Crippen LogP contribution is -2.34. The second-order valence-electron chi connectivity index (χ2n) is 7.90. The molecule has 0 radical (unpaired) electrons. The standard InChI is InChI=1S/C24H22F3N5O2/c1-3-16-7-9-17(10-8-16)15(2)30-21(33)13-31-14-28-22-20(23(31)34)12-29-32(22)19-6-4-5-18(11-19)24(25,26)27/h4-12,14-15H,3,13H2,1-2H3,(H,30,33). The highest BCUT2D eigenvalue weighted by Gasteiger charge is 2.30. The first-order valence-electron chi connectivity index (χ1n) is 10.7. The molecule has 2 heterocycles. The fourth-order valence-corrected chi connectivity index (χ4v) is 3.63. The molecular formula is C24H22F3N5O2. The number of rotatable bonds is 6. The van der Waals surface area contributed by atoms with E-state index < -0.39 is 17.3 Å². The SMILES string of the molecule is CCc1ccc(C(C)NC(=O)Cn2cnc3c(cnn3-c3cccc(C(F)(F)F)c3)c2=O)cc1. The Kier molecular flexibility index (Phi) is 6.23. The maximum atomic E-state index is 13.1. The van der Waals surface area contributed by atoms with Crippen LogP contribution in [0, 0.1) is 0 Å². The van der Waals surface area contributed by atoms with Gasteiger partial charge < -0.3 is 5.32 Å². The summed E-state index contributed by atoms with van der Waals surface area (Å²) in [6.45, 7) is 3.65. The van der Waals surface area contributed by atoms with Crippen LogP contribution >= 0.6 is 0 Å². The molecule has 2 aromatic heterocycles. The van der Waals surface area contributed by atoms with Crippen molar-refractivity contribution in [3.8, 4) is 5.69 Å². The molecular weight excluding hydrogens is 447 g/mol. The third-order valence-corrected chi connectivity index (χ3v) is 5.55. The van der Waals surface area contributed by atoms with Gasteiger partial charge in [-0.15, -0.1) is 0 Å². The average molecular weight is 469 g/mol. The summed E-state index contributed by atoms with van der Waals surface area (Å²) in [7, 11) is 0. The molecule has 0 fully saturated rings. The van der Waals surface area contributed by atoms with Crippen molar-refractivity contribution < 1.29 is 18.0 Å². The van der Waals surface area contributed by atoms with Crippen molar-refractivity contribution in [2.24, 2.45) is 0 Å². The highest BCUT2D eigenvalue weighted by Crippen LogP contribution is 2.30. The Morgan fingerprint density at radius 2 is 1.88 bits per heavy atom. The topological polar surface area (TPSA) is 81.8 Å². The molecule has 0 bridgehead atoms. The summed E-state index contributed by atoms with van der Waals surface area (Å²) in [4.78, 5) is 29.6. The fourth-order valence-electron chi connectivity index (χ4n) is 3.63. The van der Waals surface area contributed by atoms with E-state index in [1.165, 1.54) is 34.9 Å². The summed E-state index contributed by atoms with van der Waals surface area (Å²) in [6, 6.07) is 12.2. The number of alkyl halides is 3. The lowest BCUT2D eigenvalue weighted by Gasteiger charge is -2.15. The highest BCUT2D eigenvalue weighted by molar-refractivity contribution is 5.78. The molecule has 1 amide bonds. The quantitative estimate of drug-likeness (QED) is 0.462. The van der Waals surface area contributed by atoms with Crippen molar-refractivity contribution in [1.29, 1.82) is 0 Å². The normalized spacial score (nSPS) is 12.6. The van der Waals surface area contributed by atoms with Crippen molar-refractivity contribution in [2.75, 3.05) is 0 Å². The van der Waals surface area contributed by atoms with Gasteiger partial charge in [-0.1, -0.05) is 37.3 Å². The van der Waals surface area contributed by atoms with Crippen molar-refractivity contribution in [2.45, 2.75) is 39.0 Å². The van der Waals surface area contributed by atoms with Gasteiger partial charge in [0, 0.05) is 0 Å². The van der Waals surface area contributed by atoms with Crippen LogP contribution in [0.4, 0.5) is 13.2 Å². The molecule has 1 unspecified atom stereocenters. The molecule has 4 rings (SSSR count). The number of carbonyl (C=O) groups is 1. The summed E-state index contributed by atoms with van der Waals surface area (Å²) in [5.74, 6) is -0.374. The van der Waals surface area contributed by atoms with Crippen LogP contribution in [0.5, 0.6) is 0 Å². The Labute approximate surface area is 192 Å². The number of fused-ring (bicyclic) bond motifs is 1. The zero-order valence-corrected chi connectivity index (χ0v) is 18.5. The third-order valence-electron chi connectivity index (χ3n) is 5.55. The van der Waals surface area contributed by atoms with Crippen LogP contribution in [0.25, 0.3) is 16.7 Å². The van der Waals surface area contributed by atoms with E-state index >= 15 is 0 Å². The van der Waals surface area contributed by atoms with Gasteiger partial charge in [0.05, 0.1) is 23.5 Å². The Morgan fingerprint density at radius 1 is 1.15 bits per heavy atom. The molecule has 1 atom stereocenters. The molecule has 10 heteroatoms. The first-order valence-corrected chi connectivity index (χ1v) is 10.7.